The number of nitrogens with zero attached hydrogens (tertiary/aromatic N) is 2. The zero-order valence-corrected chi connectivity index (χ0v) is 13.1. The highest BCUT2D eigenvalue weighted by molar-refractivity contribution is 6.29. The molecule has 1 aromatic heterocycles. The van der Waals surface area contributed by atoms with E-state index in [2.05, 4.69) is 61.2 Å². The Morgan fingerprint density at radius 1 is 1.25 bits per heavy atom. The number of aryl methyl sites for hydroxylation is 2. The van der Waals surface area contributed by atoms with Gasteiger partial charge in [0.05, 0.1) is 0 Å². The first kappa shape index (κ1) is 14.8. The summed E-state index contributed by atoms with van der Waals surface area (Å²) in [7, 11) is 0. The number of rotatable bonds is 4. The van der Waals surface area contributed by atoms with Crippen molar-refractivity contribution in [3.63, 3.8) is 0 Å². The molecule has 20 heavy (non-hydrogen) atoms. The third-order valence-corrected chi connectivity index (χ3v) is 3.42. The van der Waals surface area contributed by atoms with Crippen LogP contribution in [0.5, 0.6) is 0 Å². The normalized spacial score (nSPS) is 10.9. The summed E-state index contributed by atoms with van der Waals surface area (Å²) in [5.74, 6) is 1.75. The van der Waals surface area contributed by atoms with Gasteiger partial charge in [-0.2, -0.15) is 0 Å². The number of para-hydroxylation sites is 1. The van der Waals surface area contributed by atoms with Crippen LogP contribution in [-0.4, -0.2) is 9.97 Å². The minimum Gasteiger partial charge on any atom is -0.340 e. The number of halogens is 1. The number of nitrogens with one attached hydrogen (secondary N) is 1. The third-order valence-electron chi connectivity index (χ3n) is 3.22. The molecule has 0 saturated carbocycles. The van der Waals surface area contributed by atoms with Gasteiger partial charge >= 0.3 is 0 Å². The monoisotopic (exact) mass is 289 g/mol. The Bertz CT molecular complexity index is 609. The van der Waals surface area contributed by atoms with Crippen LogP contribution in [0.15, 0.2) is 24.3 Å². The second-order valence-electron chi connectivity index (χ2n) is 5.18. The Hall–Kier alpha value is -1.61. The fourth-order valence-corrected chi connectivity index (χ4v) is 2.28. The van der Waals surface area contributed by atoms with Crippen LogP contribution >= 0.6 is 11.6 Å². The molecule has 1 heterocycles. The predicted octanol–water partition coefficient (Wildman–Crippen LogP) is 4.87. The lowest BCUT2D eigenvalue weighted by atomic mass is 10.1. The van der Waals surface area contributed by atoms with Gasteiger partial charge in [-0.15, -0.1) is 0 Å². The van der Waals surface area contributed by atoms with E-state index in [0.29, 0.717) is 5.15 Å². The van der Waals surface area contributed by atoms with Gasteiger partial charge in [-0.3, -0.25) is 0 Å². The first-order chi connectivity index (χ1) is 9.51. The molecule has 0 radical (unpaired) electrons. The summed E-state index contributed by atoms with van der Waals surface area (Å²) in [4.78, 5) is 8.79. The van der Waals surface area contributed by atoms with Crippen molar-refractivity contribution in [1.29, 1.82) is 0 Å². The Labute approximate surface area is 125 Å². The van der Waals surface area contributed by atoms with Crippen LogP contribution in [-0.2, 0) is 6.42 Å². The summed E-state index contributed by atoms with van der Waals surface area (Å²) < 4.78 is 0. The number of benzene rings is 1. The Balaban J connectivity index is 2.40. The Morgan fingerprint density at radius 2 is 2.00 bits per heavy atom. The highest BCUT2D eigenvalue weighted by atomic mass is 35.5. The molecule has 0 saturated heterocycles. The van der Waals surface area contributed by atoms with Crippen LogP contribution in [0.3, 0.4) is 0 Å². The van der Waals surface area contributed by atoms with Gasteiger partial charge in [0.25, 0.3) is 0 Å². The van der Waals surface area contributed by atoms with Gasteiger partial charge in [0, 0.05) is 17.7 Å². The van der Waals surface area contributed by atoms with Crippen LogP contribution in [0.25, 0.3) is 0 Å². The average molecular weight is 290 g/mol. The molecule has 2 aromatic rings. The lowest BCUT2D eigenvalue weighted by molar-refractivity contribution is 0.776. The van der Waals surface area contributed by atoms with Gasteiger partial charge < -0.3 is 5.32 Å². The zero-order valence-electron chi connectivity index (χ0n) is 12.4. The smallest absolute Gasteiger partial charge is 0.135 e. The fraction of sp³-hybridized carbons (Fsp3) is 0.375. The summed E-state index contributed by atoms with van der Waals surface area (Å²) in [6.45, 7) is 8.35. The molecule has 0 amide bonds. The minimum atomic E-state index is 0.247. The van der Waals surface area contributed by atoms with E-state index in [4.69, 9.17) is 11.6 Å². The Morgan fingerprint density at radius 3 is 2.65 bits per heavy atom. The molecule has 0 atom stereocenters. The number of hydrogen-bond acceptors (Lipinski definition) is 3. The average Bonchev–Trinajstić information content (AvgIpc) is 2.40. The molecule has 0 aliphatic heterocycles. The van der Waals surface area contributed by atoms with Crippen molar-refractivity contribution in [2.24, 2.45) is 0 Å². The minimum absolute atomic E-state index is 0.247. The summed E-state index contributed by atoms with van der Waals surface area (Å²) in [5, 5.41) is 3.86. The summed E-state index contributed by atoms with van der Waals surface area (Å²) in [6.07, 6.45) is 0.972. The van der Waals surface area contributed by atoms with E-state index in [1.165, 1.54) is 11.1 Å². The standard InChI is InChI=1S/C16H20ClN3/c1-5-12-8-6-7-11(4)15(12)19-14-9-13(17)18-16(20-14)10(2)3/h6-10H,5H2,1-4H3,(H,18,19,20). The van der Waals surface area contributed by atoms with Crippen LogP contribution in [0.1, 0.15) is 43.6 Å². The van der Waals surface area contributed by atoms with E-state index in [-0.39, 0.29) is 5.92 Å². The van der Waals surface area contributed by atoms with E-state index in [1.54, 1.807) is 6.07 Å². The SMILES string of the molecule is CCc1cccc(C)c1Nc1cc(Cl)nc(C(C)C)n1. The molecule has 3 nitrogen and oxygen atoms in total. The molecule has 2 rings (SSSR count). The summed E-state index contributed by atoms with van der Waals surface area (Å²) in [6, 6.07) is 8.06. The van der Waals surface area contributed by atoms with E-state index in [1.807, 2.05) is 0 Å². The highest BCUT2D eigenvalue weighted by Gasteiger charge is 2.10. The number of anilines is 2. The Kier molecular flexibility index (Phi) is 4.61. The van der Waals surface area contributed by atoms with Gasteiger partial charge in [-0.25, -0.2) is 9.97 Å². The van der Waals surface area contributed by atoms with E-state index >= 15 is 0 Å². The van der Waals surface area contributed by atoms with Crippen molar-refractivity contribution in [2.45, 2.75) is 40.0 Å². The molecule has 1 N–H and O–H groups in total. The molecule has 0 bridgehead atoms. The number of aromatic nitrogens is 2. The fourth-order valence-electron chi connectivity index (χ4n) is 2.09. The maximum atomic E-state index is 6.08. The van der Waals surface area contributed by atoms with Crippen molar-refractivity contribution in [1.82, 2.24) is 9.97 Å². The highest BCUT2D eigenvalue weighted by Crippen LogP contribution is 2.26. The lowest BCUT2D eigenvalue weighted by Crippen LogP contribution is -2.04. The van der Waals surface area contributed by atoms with E-state index in [0.717, 1.165) is 23.8 Å². The van der Waals surface area contributed by atoms with Crippen molar-refractivity contribution in [3.05, 3.63) is 46.4 Å². The molecule has 1 aromatic carbocycles. The van der Waals surface area contributed by atoms with E-state index < -0.39 is 0 Å². The van der Waals surface area contributed by atoms with Gasteiger partial charge in [-0.05, 0) is 24.5 Å². The first-order valence-electron chi connectivity index (χ1n) is 6.91. The van der Waals surface area contributed by atoms with Crippen LogP contribution in [0.4, 0.5) is 11.5 Å². The van der Waals surface area contributed by atoms with Crippen LogP contribution in [0.2, 0.25) is 5.15 Å². The van der Waals surface area contributed by atoms with Gasteiger partial charge in [0.2, 0.25) is 0 Å². The molecule has 0 aliphatic carbocycles. The predicted molar refractivity (Wildman–Crippen MR) is 85.0 cm³/mol. The maximum absolute atomic E-state index is 6.08. The lowest BCUT2D eigenvalue weighted by Gasteiger charge is -2.14. The molecule has 0 aliphatic rings. The summed E-state index contributed by atoms with van der Waals surface area (Å²) in [5.41, 5.74) is 3.58. The largest absolute Gasteiger partial charge is 0.340 e. The van der Waals surface area contributed by atoms with Gasteiger partial charge in [-0.1, -0.05) is 50.6 Å². The molecule has 4 heteroatoms. The number of hydrogen-bond donors (Lipinski definition) is 1. The topological polar surface area (TPSA) is 37.8 Å². The van der Waals surface area contributed by atoms with Crippen molar-refractivity contribution in [3.8, 4) is 0 Å². The summed E-state index contributed by atoms with van der Waals surface area (Å²) >= 11 is 6.08. The van der Waals surface area contributed by atoms with Crippen molar-refractivity contribution in [2.75, 3.05) is 5.32 Å². The molecule has 0 spiro atoms. The van der Waals surface area contributed by atoms with Crippen molar-refractivity contribution < 1.29 is 0 Å². The second-order valence-corrected chi connectivity index (χ2v) is 5.56. The van der Waals surface area contributed by atoms with Gasteiger partial charge in [0.15, 0.2) is 0 Å². The van der Waals surface area contributed by atoms with Crippen LogP contribution < -0.4 is 5.32 Å². The van der Waals surface area contributed by atoms with Crippen molar-refractivity contribution >= 4 is 23.1 Å². The third kappa shape index (κ3) is 3.28. The molecule has 0 unspecified atom stereocenters. The van der Waals surface area contributed by atoms with Crippen LogP contribution in [0, 0.1) is 6.92 Å². The zero-order chi connectivity index (χ0) is 14.7. The van der Waals surface area contributed by atoms with Gasteiger partial charge in [0.1, 0.15) is 16.8 Å². The quantitative estimate of drug-likeness (QED) is 0.816. The molecule has 106 valence electrons. The van der Waals surface area contributed by atoms with E-state index in [9.17, 15) is 0 Å². The first-order valence-corrected chi connectivity index (χ1v) is 7.29. The molecule has 0 fully saturated rings. The molecular formula is C16H20ClN3. The second kappa shape index (κ2) is 6.23. The molecular weight excluding hydrogens is 270 g/mol. The maximum Gasteiger partial charge on any atom is 0.135 e.